The molecule has 0 saturated carbocycles. The fraction of sp³-hybridized carbons (Fsp3) is 0.389. The second kappa shape index (κ2) is 6.28. The zero-order valence-electron chi connectivity index (χ0n) is 13.2. The molecule has 24 heavy (non-hydrogen) atoms. The van der Waals surface area contributed by atoms with Crippen molar-refractivity contribution in [3.63, 3.8) is 0 Å². The first kappa shape index (κ1) is 15.2. The van der Waals surface area contributed by atoms with Gasteiger partial charge in [-0.1, -0.05) is 0 Å². The van der Waals surface area contributed by atoms with E-state index in [9.17, 15) is 9.18 Å². The molecule has 3 fully saturated rings. The van der Waals surface area contributed by atoms with Crippen LogP contribution in [-0.4, -0.2) is 36.7 Å². The Balaban J connectivity index is 1.37. The van der Waals surface area contributed by atoms with E-state index in [4.69, 9.17) is 9.15 Å². The minimum Gasteiger partial charge on any atom is -0.425 e. The van der Waals surface area contributed by atoms with Crippen LogP contribution in [0.3, 0.4) is 0 Å². The number of carbonyl (C=O) groups is 1. The standard InChI is InChI=1S/C18H19FN2O3/c19-14-3-1-13(2-4-14)16-5-6-17(23-16)24-18(22)20-15-11-21-9-7-12(15)8-10-21/h1-6,12,15H,7-11H2,(H,20,22). The van der Waals surface area contributed by atoms with Crippen molar-refractivity contribution in [2.24, 2.45) is 5.92 Å². The van der Waals surface area contributed by atoms with E-state index in [0.29, 0.717) is 11.7 Å². The summed E-state index contributed by atoms with van der Waals surface area (Å²) in [6, 6.07) is 9.39. The molecule has 5 rings (SSSR count). The zero-order valence-corrected chi connectivity index (χ0v) is 13.2. The fourth-order valence-corrected chi connectivity index (χ4v) is 3.55. The Bertz CT molecular complexity index is 720. The zero-order chi connectivity index (χ0) is 16.5. The van der Waals surface area contributed by atoms with Gasteiger partial charge in [0, 0.05) is 24.2 Å². The van der Waals surface area contributed by atoms with E-state index in [1.165, 1.54) is 12.1 Å². The molecule has 1 N–H and O–H groups in total. The number of carbonyl (C=O) groups excluding carboxylic acids is 1. The molecule has 2 aromatic rings. The highest BCUT2D eigenvalue weighted by Gasteiger charge is 2.35. The van der Waals surface area contributed by atoms with Crippen LogP contribution in [0.25, 0.3) is 11.3 Å². The lowest BCUT2D eigenvalue weighted by atomic mass is 9.84. The first-order valence-corrected chi connectivity index (χ1v) is 8.24. The lowest BCUT2D eigenvalue weighted by Crippen LogP contribution is -2.57. The number of rotatable bonds is 3. The summed E-state index contributed by atoms with van der Waals surface area (Å²) in [6.45, 7) is 3.13. The van der Waals surface area contributed by atoms with Crippen molar-refractivity contribution in [2.75, 3.05) is 19.6 Å². The lowest BCUT2D eigenvalue weighted by molar-refractivity contribution is 0.0715. The molecule has 1 atom stereocenters. The molecule has 3 aliphatic heterocycles. The predicted octanol–water partition coefficient (Wildman–Crippen LogP) is 3.27. The third-order valence-corrected chi connectivity index (χ3v) is 4.86. The van der Waals surface area contributed by atoms with Gasteiger partial charge >= 0.3 is 6.09 Å². The highest BCUT2D eigenvalue weighted by Crippen LogP contribution is 2.28. The molecule has 1 aromatic heterocycles. The van der Waals surface area contributed by atoms with Gasteiger partial charge in [-0.25, -0.2) is 9.18 Å². The van der Waals surface area contributed by atoms with Crippen LogP contribution >= 0.6 is 0 Å². The first-order chi connectivity index (χ1) is 11.7. The first-order valence-electron chi connectivity index (χ1n) is 8.24. The molecule has 1 aromatic carbocycles. The predicted molar refractivity (Wildman–Crippen MR) is 86.2 cm³/mol. The van der Waals surface area contributed by atoms with Crippen LogP contribution < -0.4 is 10.1 Å². The number of piperidine rings is 3. The number of fused-ring (bicyclic) bond motifs is 3. The van der Waals surface area contributed by atoms with E-state index in [1.54, 1.807) is 24.3 Å². The van der Waals surface area contributed by atoms with E-state index >= 15 is 0 Å². The second-order valence-corrected chi connectivity index (χ2v) is 6.40. The van der Waals surface area contributed by atoms with Gasteiger partial charge in [0.15, 0.2) is 0 Å². The van der Waals surface area contributed by atoms with Crippen molar-refractivity contribution in [2.45, 2.75) is 18.9 Å². The number of benzene rings is 1. The van der Waals surface area contributed by atoms with E-state index in [0.717, 1.165) is 38.0 Å². The average molecular weight is 330 g/mol. The Morgan fingerprint density at radius 2 is 1.92 bits per heavy atom. The quantitative estimate of drug-likeness (QED) is 0.938. The molecule has 2 bridgehead atoms. The third kappa shape index (κ3) is 3.14. The van der Waals surface area contributed by atoms with Gasteiger partial charge in [-0.3, -0.25) is 0 Å². The number of ether oxygens (including phenoxy) is 1. The largest absolute Gasteiger partial charge is 0.425 e. The second-order valence-electron chi connectivity index (χ2n) is 6.40. The minimum absolute atomic E-state index is 0.133. The maximum Gasteiger partial charge on any atom is 0.415 e. The summed E-state index contributed by atoms with van der Waals surface area (Å²) < 4.78 is 23.7. The Hall–Kier alpha value is -2.34. The molecule has 126 valence electrons. The maximum absolute atomic E-state index is 13.0. The summed E-state index contributed by atoms with van der Waals surface area (Å²) in [5.74, 6) is 0.890. The number of hydrogen-bond acceptors (Lipinski definition) is 4. The Labute approximate surface area is 139 Å². The summed E-state index contributed by atoms with van der Waals surface area (Å²) in [7, 11) is 0. The summed E-state index contributed by atoms with van der Waals surface area (Å²) in [5.41, 5.74) is 0.726. The van der Waals surface area contributed by atoms with Gasteiger partial charge in [0.2, 0.25) is 0 Å². The van der Waals surface area contributed by atoms with E-state index in [2.05, 4.69) is 10.2 Å². The molecule has 5 nitrogen and oxygen atoms in total. The van der Waals surface area contributed by atoms with E-state index in [1.807, 2.05) is 0 Å². The summed E-state index contributed by atoms with van der Waals surface area (Å²) in [5, 5.41) is 2.94. The van der Waals surface area contributed by atoms with Gasteiger partial charge in [0.25, 0.3) is 5.95 Å². The fourth-order valence-electron chi connectivity index (χ4n) is 3.55. The normalized spacial score (nSPS) is 25.5. The molecular weight excluding hydrogens is 311 g/mol. The number of furan rings is 1. The monoisotopic (exact) mass is 330 g/mol. The van der Waals surface area contributed by atoms with Gasteiger partial charge in [0.05, 0.1) is 0 Å². The molecule has 6 heteroatoms. The molecule has 3 saturated heterocycles. The molecular formula is C18H19FN2O3. The van der Waals surface area contributed by atoms with Crippen LogP contribution in [0.4, 0.5) is 9.18 Å². The van der Waals surface area contributed by atoms with Crippen molar-refractivity contribution in [1.29, 1.82) is 0 Å². The van der Waals surface area contributed by atoms with Crippen molar-refractivity contribution in [3.8, 4) is 17.3 Å². The number of halogens is 1. The molecule has 0 radical (unpaired) electrons. The molecule has 3 aliphatic rings. The number of amides is 1. The molecule has 0 spiro atoms. The van der Waals surface area contributed by atoms with Crippen LogP contribution in [0.2, 0.25) is 0 Å². The van der Waals surface area contributed by atoms with Crippen LogP contribution in [0.1, 0.15) is 12.8 Å². The number of nitrogens with zero attached hydrogens (tertiary/aromatic N) is 1. The summed E-state index contributed by atoms with van der Waals surface area (Å²) in [6.07, 6.45) is 1.76. The van der Waals surface area contributed by atoms with Crippen LogP contribution in [0.15, 0.2) is 40.8 Å². The smallest absolute Gasteiger partial charge is 0.415 e. The Morgan fingerprint density at radius 1 is 1.17 bits per heavy atom. The van der Waals surface area contributed by atoms with Crippen LogP contribution in [0, 0.1) is 11.7 Å². The van der Waals surface area contributed by atoms with E-state index in [-0.39, 0.29) is 17.8 Å². The van der Waals surface area contributed by atoms with Crippen molar-refractivity contribution in [3.05, 3.63) is 42.2 Å². The van der Waals surface area contributed by atoms with E-state index < -0.39 is 6.09 Å². The average Bonchev–Trinajstić information content (AvgIpc) is 3.05. The highest BCUT2D eigenvalue weighted by atomic mass is 19.1. The Morgan fingerprint density at radius 3 is 2.58 bits per heavy atom. The van der Waals surface area contributed by atoms with Gasteiger partial charge in [-0.2, -0.15) is 0 Å². The van der Waals surface area contributed by atoms with Crippen LogP contribution in [0.5, 0.6) is 5.95 Å². The van der Waals surface area contributed by atoms with Gasteiger partial charge < -0.3 is 19.4 Å². The SMILES string of the molecule is O=C(NC1CN2CCC1CC2)Oc1ccc(-c2ccc(F)cc2)o1. The van der Waals surface area contributed by atoms with Gasteiger partial charge in [0.1, 0.15) is 11.6 Å². The topological polar surface area (TPSA) is 54.7 Å². The van der Waals surface area contributed by atoms with Gasteiger partial charge in [-0.05, 0) is 62.2 Å². The molecule has 1 unspecified atom stereocenters. The van der Waals surface area contributed by atoms with Crippen molar-refractivity contribution < 1.29 is 18.3 Å². The molecule has 4 heterocycles. The summed E-state index contributed by atoms with van der Waals surface area (Å²) in [4.78, 5) is 14.5. The lowest BCUT2D eigenvalue weighted by Gasteiger charge is -2.44. The number of hydrogen-bond donors (Lipinski definition) is 1. The maximum atomic E-state index is 13.0. The van der Waals surface area contributed by atoms with Crippen molar-refractivity contribution >= 4 is 6.09 Å². The molecule has 1 amide bonds. The van der Waals surface area contributed by atoms with Gasteiger partial charge in [-0.15, -0.1) is 0 Å². The highest BCUT2D eigenvalue weighted by molar-refractivity contribution is 5.70. The number of nitrogens with one attached hydrogen (secondary N) is 1. The third-order valence-electron chi connectivity index (χ3n) is 4.86. The van der Waals surface area contributed by atoms with Crippen molar-refractivity contribution in [1.82, 2.24) is 10.2 Å². The van der Waals surface area contributed by atoms with Crippen LogP contribution in [-0.2, 0) is 0 Å². The Kier molecular flexibility index (Phi) is 3.98. The molecule has 0 aliphatic carbocycles. The minimum atomic E-state index is -0.492. The summed E-state index contributed by atoms with van der Waals surface area (Å²) >= 11 is 0.